The second-order valence-electron chi connectivity index (χ2n) is 4.67. The van der Waals surface area contributed by atoms with Crippen LogP contribution in [0.15, 0.2) is 29.3 Å². The van der Waals surface area contributed by atoms with Gasteiger partial charge in [0.05, 0.1) is 0 Å². The van der Waals surface area contributed by atoms with E-state index in [1.807, 2.05) is 0 Å². The summed E-state index contributed by atoms with van der Waals surface area (Å²) in [7, 11) is 0. The summed E-state index contributed by atoms with van der Waals surface area (Å²) in [4.78, 5) is 4.66. The van der Waals surface area contributed by atoms with E-state index in [-0.39, 0.29) is 0 Å². The Hall–Kier alpha value is -1.31. The molecule has 1 aromatic rings. The van der Waals surface area contributed by atoms with Crippen molar-refractivity contribution in [2.24, 2.45) is 4.99 Å². The first-order valence-electron chi connectivity index (χ1n) is 6.78. The molecule has 1 aliphatic heterocycles. The fraction of sp³-hybridized carbons (Fsp3) is 0.533. The molecule has 2 nitrogen and oxygen atoms in total. The van der Waals surface area contributed by atoms with Crippen LogP contribution >= 0.6 is 0 Å². The van der Waals surface area contributed by atoms with Crippen LogP contribution in [0.3, 0.4) is 0 Å². The molecular formula is C15H22N2. The third kappa shape index (κ3) is 3.58. The number of aliphatic imine (C=N–C) groups is 1. The Bertz CT molecular complexity index is 382. The van der Waals surface area contributed by atoms with E-state index in [1.165, 1.54) is 42.8 Å². The molecule has 0 fully saturated rings. The average Bonchev–Trinajstić information content (AvgIpc) is 2.38. The lowest BCUT2D eigenvalue weighted by Crippen LogP contribution is -2.19. The minimum atomic E-state index is 0.977. The molecule has 92 valence electrons. The summed E-state index contributed by atoms with van der Waals surface area (Å²) >= 11 is 0. The van der Waals surface area contributed by atoms with Crippen LogP contribution in [0.5, 0.6) is 0 Å². The summed E-state index contributed by atoms with van der Waals surface area (Å²) < 4.78 is 0. The van der Waals surface area contributed by atoms with Crippen LogP contribution in [0.4, 0.5) is 5.69 Å². The van der Waals surface area contributed by atoms with Crippen LogP contribution < -0.4 is 5.32 Å². The van der Waals surface area contributed by atoms with E-state index in [2.05, 4.69) is 41.5 Å². The zero-order chi connectivity index (χ0) is 11.9. The van der Waals surface area contributed by atoms with Gasteiger partial charge in [0.2, 0.25) is 0 Å². The van der Waals surface area contributed by atoms with Crippen molar-refractivity contribution >= 4 is 11.5 Å². The second kappa shape index (κ2) is 6.43. The van der Waals surface area contributed by atoms with Crippen LogP contribution in [0.2, 0.25) is 0 Å². The average molecular weight is 230 g/mol. The summed E-state index contributed by atoms with van der Waals surface area (Å²) in [6, 6.07) is 8.52. The lowest BCUT2D eigenvalue weighted by molar-refractivity contribution is 0.674. The number of hydrogen-bond acceptors (Lipinski definition) is 1. The molecule has 1 aliphatic rings. The number of benzene rings is 1. The molecule has 1 aromatic carbocycles. The Morgan fingerprint density at radius 3 is 2.88 bits per heavy atom. The molecule has 0 amide bonds. The molecule has 0 aliphatic carbocycles. The van der Waals surface area contributed by atoms with Gasteiger partial charge in [0.1, 0.15) is 5.84 Å². The van der Waals surface area contributed by atoms with E-state index in [9.17, 15) is 0 Å². The molecule has 17 heavy (non-hydrogen) atoms. The summed E-state index contributed by atoms with van der Waals surface area (Å²) in [6.07, 6.45) is 7.34. The van der Waals surface area contributed by atoms with Crippen molar-refractivity contribution in [3.05, 3.63) is 29.8 Å². The van der Waals surface area contributed by atoms with Gasteiger partial charge in [0, 0.05) is 18.7 Å². The van der Waals surface area contributed by atoms with Crippen molar-refractivity contribution in [1.29, 1.82) is 0 Å². The Balaban J connectivity index is 1.83. The molecule has 0 saturated carbocycles. The van der Waals surface area contributed by atoms with E-state index in [0.717, 1.165) is 19.4 Å². The first kappa shape index (κ1) is 12.2. The van der Waals surface area contributed by atoms with E-state index >= 15 is 0 Å². The predicted molar refractivity (Wildman–Crippen MR) is 74.8 cm³/mol. The van der Waals surface area contributed by atoms with Crippen LogP contribution in [0.1, 0.15) is 44.6 Å². The van der Waals surface area contributed by atoms with Gasteiger partial charge in [-0.25, -0.2) is 0 Å². The number of fused-ring (bicyclic) bond motifs is 1. The van der Waals surface area contributed by atoms with Gasteiger partial charge in [-0.3, -0.25) is 4.99 Å². The van der Waals surface area contributed by atoms with E-state index in [1.54, 1.807) is 0 Å². The van der Waals surface area contributed by atoms with Crippen LogP contribution in [0.25, 0.3) is 0 Å². The summed E-state index contributed by atoms with van der Waals surface area (Å²) in [5, 5.41) is 3.44. The molecule has 0 radical (unpaired) electrons. The zero-order valence-corrected chi connectivity index (χ0v) is 10.7. The summed E-state index contributed by atoms with van der Waals surface area (Å²) in [5.41, 5.74) is 2.66. The highest BCUT2D eigenvalue weighted by Crippen LogP contribution is 2.21. The predicted octanol–water partition coefficient (Wildman–Crippen LogP) is 4.02. The van der Waals surface area contributed by atoms with Gasteiger partial charge in [0.25, 0.3) is 0 Å². The summed E-state index contributed by atoms with van der Waals surface area (Å²) in [5.74, 6) is 1.17. The smallest absolute Gasteiger partial charge is 0.101 e. The first-order chi connectivity index (χ1) is 8.40. The van der Waals surface area contributed by atoms with Crippen molar-refractivity contribution in [2.75, 3.05) is 11.9 Å². The van der Waals surface area contributed by atoms with Gasteiger partial charge < -0.3 is 5.32 Å². The standard InChI is InChI=1S/C15H22N2/c1-2-3-4-7-12-16-15-11-10-13-8-5-6-9-14(13)17-15/h5-6,8-9H,2-4,7,10-12H2,1H3,(H,16,17). The van der Waals surface area contributed by atoms with E-state index in [4.69, 9.17) is 0 Å². The highest BCUT2D eigenvalue weighted by Gasteiger charge is 2.11. The van der Waals surface area contributed by atoms with E-state index in [0.29, 0.717) is 0 Å². The third-order valence-corrected chi connectivity index (χ3v) is 3.24. The van der Waals surface area contributed by atoms with Crippen molar-refractivity contribution in [3.63, 3.8) is 0 Å². The highest BCUT2D eigenvalue weighted by atomic mass is 15.0. The maximum atomic E-state index is 4.66. The number of nitrogens with one attached hydrogen (secondary N) is 1. The number of amidine groups is 1. The number of aryl methyl sites for hydroxylation is 1. The molecule has 0 spiro atoms. The molecule has 0 bridgehead atoms. The molecule has 0 atom stereocenters. The van der Waals surface area contributed by atoms with Gasteiger partial charge in [-0.2, -0.15) is 0 Å². The summed E-state index contributed by atoms with van der Waals surface area (Å²) in [6.45, 7) is 3.22. The molecule has 2 heteroatoms. The number of unbranched alkanes of at least 4 members (excludes halogenated alkanes) is 3. The lowest BCUT2D eigenvalue weighted by atomic mass is 10.0. The van der Waals surface area contributed by atoms with Crippen LogP contribution in [0, 0.1) is 0 Å². The molecule has 1 heterocycles. The third-order valence-electron chi connectivity index (χ3n) is 3.24. The van der Waals surface area contributed by atoms with Crippen molar-refractivity contribution < 1.29 is 0 Å². The van der Waals surface area contributed by atoms with Gasteiger partial charge >= 0.3 is 0 Å². The molecular weight excluding hydrogens is 208 g/mol. The normalized spacial score (nSPS) is 16.6. The minimum absolute atomic E-state index is 0.977. The largest absolute Gasteiger partial charge is 0.344 e. The lowest BCUT2D eigenvalue weighted by Gasteiger charge is -2.19. The Labute approximate surface area is 104 Å². The second-order valence-corrected chi connectivity index (χ2v) is 4.67. The highest BCUT2D eigenvalue weighted by molar-refractivity contribution is 5.98. The van der Waals surface area contributed by atoms with Crippen LogP contribution in [-0.4, -0.2) is 12.4 Å². The molecule has 0 aromatic heterocycles. The van der Waals surface area contributed by atoms with Gasteiger partial charge in [-0.05, 0) is 24.5 Å². The Morgan fingerprint density at radius 1 is 1.12 bits per heavy atom. The topological polar surface area (TPSA) is 24.4 Å². The van der Waals surface area contributed by atoms with Crippen molar-refractivity contribution in [2.45, 2.75) is 45.4 Å². The maximum absolute atomic E-state index is 4.66. The molecule has 0 saturated heterocycles. The Morgan fingerprint density at radius 2 is 2.00 bits per heavy atom. The van der Waals surface area contributed by atoms with Gasteiger partial charge in [-0.15, -0.1) is 0 Å². The van der Waals surface area contributed by atoms with Gasteiger partial charge in [0.15, 0.2) is 0 Å². The minimum Gasteiger partial charge on any atom is -0.344 e. The van der Waals surface area contributed by atoms with Crippen LogP contribution in [-0.2, 0) is 6.42 Å². The Kier molecular flexibility index (Phi) is 4.60. The number of anilines is 1. The number of hydrogen-bond donors (Lipinski definition) is 1. The van der Waals surface area contributed by atoms with Crippen molar-refractivity contribution in [1.82, 2.24) is 0 Å². The number of nitrogens with zero attached hydrogens (tertiary/aromatic N) is 1. The first-order valence-corrected chi connectivity index (χ1v) is 6.78. The fourth-order valence-corrected chi connectivity index (χ4v) is 2.20. The zero-order valence-electron chi connectivity index (χ0n) is 10.7. The van der Waals surface area contributed by atoms with Crippen molar-refractivity contribution in [3.8, 4) is 0 Å². The molecule has 1 N–H and O–H groups in total. The quantitative estimate of drug-likeness (QED) is 0.759. The fourth-order valence-electron chi connectivity index (χ4n) is 2.20. The number of rotatable bonds is 5. The SMILES string of the molecule is CCCCCCN=C1CCc2ccccc2N1. The maximum Gasteiger partial charge on any atom is 0.101 e. The number of para-hydroxylation sites is 1. The molecule has 0 unspecified atom stereocenters. The molecule has 2 rings (SSSR count). The van der Waals surface area contributed by atoms with Gasteiger partial charge in [-0.1, -0.05) is 44.4 Å². The van der Waals surface area contributed by atoms with E-state index < -0.39 is 0 Å². The monoisotopic (exact) mass is 230 g/mol.